The Morgan fingerprint density at radius 2 is 1.91 bits per heavy atom. The van der Waals surface area contributed by atoms with Crippen LogP contribution in [0.2, 0.25) is 0 Å². The molecule has 0 unspecified atom stereocenters. The number of carbonyl (C=O) groups is 1. The van der Waals surface area contributed by atoms with E-state index in [9.17, 15) is 9.90 Å². The van der Waals surface area contributed by atoms with Crippen LogP contribution in [0.5, 0.6) is 5.75 Å². The van der Waals surface area contributed by atoms with Gasteiger partial charge in [-0.25, -0.2) is 4.79 Å². The molecular formula is C17H18N2O3. The zero-order chi connectivity index (χ0) is 16.1. The quantitative estimate of drug-likeness (QED) is 0.694. The van der Waals surface area contributed by atoms with Crippen LogP contribution in [0, 0.1) is 20.8 Å². The first-order valence-corrected chi connectivity index (χ1v) is 6.90. The van der Waals surface area contributed by atoms with E-state index in [0.29, 0.717) is 5.69 Å². The number of carbonyl (C=O) groups excluding carboxylic acids is 1. The zero-order valence-electron chi connectivity index (χ0n) is 12.8. The van der Waals surface area contributed by atoms with Gasteiger partial charge in [0.1, 0.15) is 12.4 Å². The lowest BCUT2D eigenvalue weighted by molar-refractivity contribution is -0.139. The highest BCUT2D eigenvalue weighted by atomic mass is 16.5. The molecule has 1 aromatic heterocycles. The molecule has 114 valence electrons. The van der Waals surface area contributed by atoms with E-state index in [2.05, 4.69) is 9.97 Å². The minimum atomic E-state index is -0.470. The summed E-state index contributed by atoms with van der Waals surface area (Å²) in [6, 6.07) is 6.61. The molecule has 0 aliphatic heterocycles. The number of benzene rings is 1. The lowest BCUT2D eigenvalue weighted by Crippen LogP contribution is -2.07. The molecule has 2 aromatic rings. The van der Waals surface area contributed by atoms with Crippen molar-refractivity contribution in [1.29, 1.82) is 0 Å². The van der Waals surface area contributed by atoms with E-state index in [4.69, 9.17) is 4.74 Å². The van der Waals surface area contributed by atoms with E-state index in [0.717, 1.165) is 22.6 Å². The van der Waals surface area contributed by atoms with Crippen LogP contribution >= 0.6 is 0 Å². The van der Waals surface area contributed by atoms with Gasteiger partial charge in [0, 0.05) is 6.08 Å². The maximum atomic E-state index is 11.7. The largest absolute Gasteiger partial charge is 0.508 e. The molecule has 0 aliphatic carbocycles. The smallest absolute Gasteiger partial charge is 0.331 e. The van der Waals surface area contributed by atoms with Crippen molar-refractivity contribution in [2.45, 2.75) is 27.4 Å². The Labute approximate surface area is 129 Å². The van der Waals surface area contributed by atoms with Gasteiger partial charge < -0.3 is 9.84 Å². The minimum absolute atomic E-state index is 0.0865. The maximum Gasteiger partial charge on any atom is 0.331 e. The van der Waals surface area contributed by atoms with Crippen molar-refractivity contribution < 1.29 is 14.6 Å². The first kappa shape index (κ1) is 15.7. The van der Waals surface area contributed by atoms with Crippen LogP contribution < -0.4 is 0 Å². The number of rotatable bonds is 4. The molecule has 2 rings (SSSR count). The standard InChI is InChI=1S/C17H18N2O3/c1-11-12(2)19-16(13(3)18-11)10-22-17(21)8-7-14-5-4-6-15(20)9-14/h4-9,20H,10H2,1-3H3/b8-7+. The Balaban J connectivity index is 1.97. The number of phenolic OH excluding ortho intramolecular Hbond substituents is 1. The van der Waals surface area contributed by atoms with Crippen molar-refractivity contribution in [2.24, 2.45) is 0 Å². The predicted molar refractivity (Wildman–Crippen MR) is 83.2 cm³/mol. The number of ether oxygens (including phenoxy) is 1. The van der Waals surface area contributed by atoms with Gasteiger partial charge in [-0.1, -0.05) is 12.1 Å². The summed E-state index contributed by atoms with van der Waals surface area (Å²) in [6.45, 7) is 5.69. The Morgan fingerprint density at radius 1 is 1.18 bits per heavy atom. The predicted octanol–water partition coefficient (Wildman–Crippen LogP) is 2.86. The summed E-state index contributed by atoms with van der Waals surface area (Å²) in [4.78, 5) is 20.5. The molecule has 0 bridgehead atoms. The number of hydrogen-bond donors (Lipinski definition) is 1. The van der Waals surface area contributed by atoms with Crippen LogP contribution in [0.3, 0.4) is 0 Å². The van der Waals surface area contributed by atoms with Gasteiger partial charge in [-0.2, -0.15) is 0 Å². The van der Waals surface area contributed by atoms with Crippen molar-refractivity contribution in [3.8, 4) is 5.75 Å². The number of aromatic hydroxyl groups is 1. The number of nitrogens with zero attached hydrogens (tertiary/aromatic N) is 2. The Morgan fingerprint density at radius 3 is 2.64 bits per heavy atom. The lowest BCUT2D eigenvalue weighted by atomic mass is 10.2. The molecule has 0 aliphatic rings. The van der Waals surface area contributed by atoms with Crippen LogP contribution in [0.15, 0.2) is 30.3 Å². The summed E-state index contributed by atoms with van der Waals surface area (Å²) in [5, 5.41) is 9.34. The van der Waals surface area contributed by atoms with Crippen LogP contribution in [0.4, 0.5) is 0 Å². The van der Waals surface area contributed by atoms with Crippen molar-refractivity contribution in [1.82, 2.24) is 9.97 Å². The van der Waals surface area contributed by atoms with E-state index in [1.54, 1.807) is 30.3 Å². The summed E-state index contributed by atoms with van der Waals surface area (Å²) in [5.41, 5.74) is 3.83. The Hall–Kier alpha value is -2.69. The van der Waals surface area contributed by atoms with E-state index >= 15 is 0 Å². The summed E-state index contributed by atoms with van der Waals surface area (Å²) >= 11 is 0. The fraction of sp³-hybridized carbons (Fsp3) is 0.235. The highest BCUT2D eigenvalue weighted by molar-refractivity contribution is 5.87. The molecule has 0 amide bonds. The molecule has 5 nitrogen and oxygen atoms in total. The second-order valence-electron chi connectivity index (χ2n) is 4.96. The fourth-order valence-electron chi connectivity index (χ4n) is 1.88. The molecule has 1 N–H and O–H groups in total. The average molecular weight is 298 g/mol. The average Bonchev–Trinajstić information content (AvgIpc) is 2.47. The molecule has 0 fully saturated rings. The van der Waals surface area contributed by atoms with Crippen molar-refractivity contribution in [3.63, 3.8) is 0 Å². The zero-order valence-corrected chi connectivity index (χ0v) is 12.8. The molecule has 5 heteroatoms. The van der Waals surface area contributed by atoms with Crippen molar-refractivity contribution in [2.75, 3.05) is 0 Å². The van der Waals surface area contributed by atoms with E-state index in [1.807, 2.05) is 20.8 Å². The Bertz CT molecular complexity index is 724. The highest BCUT2D eigenvalue weighted by Crippen LogP contribution is 2.12. The van der Waals surface area contributed by atoms with Gasteiger partial charge in [0.15, 0.2) is 0 Å². The van der Waals surface area contributed by atoms with Crippen LogP contribution in [-0.2, 0) is 16.1 Å². The summed E-state index contributed by atoms with van der Waals surface area (Å²) in [5.74, 6) is -0.320. The van der Waals surface area contributed by atoms with Crippen molar-refractivity contribution in [3.05, 3.63) is 58.7 Å². The lowest BCUT2D eigenvalue weighted by Gasteiger charge is -2.07. The second-order valence-corrected chi connectivity index (χ2v) is 4.96. The van der Waals surface area contributed by atoms with E-state index in [1.165, 1.54) is 6.08 Å². The first-order valence-electron chi connectivity index (χ1n) is 6.90. The fourth-order valence-corrected chi connectivity index (χ4v) is 1.88. The maximum absolute atomic E-state index is 11.7. The molecule has 0 spiro atoms. The molecule has 0 atom stereocenters. The number of hydrogen-bond acceptors (Lipinski definition) is 5. The van der Waals surface area contributed by atoms with Gasteiger partial charge in [-0.05, 0) is 44.5 Å². The van der Waals surface area contributed by atoms with Gasteiger partial charge in [0.05, 0.1) is 22.8 Å². The monoisotopic (exact) mass is 298 g/mol. The normalized spacial score (nSPS) is 10.9. The van der Waals surface area contributed by atoms with Crippen LogP contribution in [-0.4, -0.2) is 21.0 Å². The minimum Gasteiger partial charge on any atom is -0.508 e. The van der Waals surface area contributed by atoms with Gasteiger partial charge >= 0.3 is 5.97 Å². The van der Waals surface area contributed by atoms with Crippen molar-refractivity contribution >= 4 is 12.0 Å². The molecule has 22 heavy (non-hydrogen) atoms. The van der Waals surface area contributed by atoms with E-state index in [-0.39, 0.29) is 12.4 Å². The molecule has 0 saturated carbocycles. The summed E-state index contributed by atoms with van der Waals surface area (Å²) in [6.07, 6.45) is 2.90. The van der Waals surface area contributed by atoms with Gasteiger partial charge in [0.2, 0.25) is 0 Å². The third-order valence-corrected chi connectivity index (χ3v) is 3.21. The van der Waals surface area contributed by atoms with E-state index < -0.39 is 5.97 Å². The molecule has 0 radical (unpaired) electrons. The van der Waals surface area contributed by atoms with Gasteiger partial charge in [0.25, 0.3) is 0 Å². The summed E-state index contributed by atoms with van der Waals surface area (Å²) in [7, 11) is 0. The third kappa shape index (κ3) is 4.15. The SMILES string of the molecule is Cc1nc(C)c(COC(=O)/C=C/c2cccc(O)c2)nc1C. The number of phenols is 1. The topological polar surface area (TPSA) is 72.3 Å². The van der Waals surface area contributed by atoms with Gasteiger partial charge in [-0.15, -0.1) is 0 Å². The van der Waals surface area contributed by atoms with Crippen LogP contribution in [0.25, 0.3) is 6.08 Å². The second kappa shape index (κ2) is 6.85. The molecular weight excluding hydrogens is 280 g/mol. The Kier molecular flexibility index (Phi) is 4.88. The third-order valence-electron chi connectivity index (χ3n) is 3.21. The van der Waals surface area contributed by atoms with Gasteiger partial charge in [-0.3, -0.25) is 9.97 Å². The molecule has 0 saturated heterocycles. The molecule has 1 aromatic carbocycles. The summed E-state index contributed by atoms with van der Waals surface area (Å²) < 4.78 is 5.17. The number of aryl methyl sites for hydroxylation is 3. The highest BCUT2D eigenvalue weighted by Gasteiger charge is 2.07. The van der Waals surface area contributed by atoms with Crippen LogP contribution in [0.1, 0.15) is 28.3 Å². The molecule has 1 heterocycles. The number of esters is 1. The number of aromatic nitrogens is 2. The first-order chi connectivity index (χ1) is 10.5.